The van der Waals surface area contributed by atoms with Crippen molar-refractivity contribution in [2.75, 3.05) is 0 Å². The van der Waals surface area contributed by atoms with Gasteiger partial charge in [-0.05, 0) is 28.4 Å². The topological polar surface area (TPSA) is 50.1 Å². The molecule has 0 bridgehead atoms. The number of hydrogen-bond acceptors (Lipinski definition) is 3. The molecule has 0 aliphatic heterocycles. The van der Waals surface area contributed by atoms with Gasteiger partial charge in [0.1, 0.15) is 0 Å². The van der Waals surface area contributed by atoms with E-state index in [1.807, 2.05) is 35.3 Å². The summed E-state index contributed by atoms with van der Waals surface area (Å²) in [6, 6.07) is 10.2. The number of hydroxylamine groups is 1. The standard InChI is InChI=1S/C13H14BrN3O/c1-10-12(13(14)8-16-18)7-15-17(10)9-11-5-3-2-4-6-11/h2-8,16,18H,9H2,1H3/b13-8+. The van der Waals surface area contributed by atoms with Crippen molar-refractivity contribution < 1.29 is 5.21 Å². The van der Waals surface area contributed by atoms with Crippen LogP contribution in [0.4, 0.5) is 0 Å². The summed E-state index contributed by atoms with van der Waals surface area (Å²) in [4.78, 5) is 0. The summed E-state index contributed by atoms with van der Waals surface area (Å²) in [6.07, 6.45) is 3.24. The number of rotatable bonds is 4. The molecule has 2 rings (SSSR count). The van der Waals surface area contributed by atoms with Crippen LogP contribution in [0.2, 0.25) is 0 Å². The molecule has 0 unspecified atom stereocenters. The normalized spacial score (nSPS) is 11.6. The molecule has 18 heavy (non-hydrogen) atoms. The van der Waals surface area contributed by atoms with Gasteiger partial charge in [0.2, 0.25) is 0 Å². The van der Waals surface area contributed by atoms with Crippen LogP contribution in [0, 0.1) is 6.92 Å². The molecule has 2 N–H and O–H groups in total. The maximum Gasteiger partial charge on any atom is 0.0662 e. The highest BCUT2D eigenvalue weighted by Crippen LogP contribution is 2.23. The molecule has 4 nitrogen and oxygen atoms in total. The van der Waals surface area contributed by atoms with Gasteiger partial charge in [-0.25, -0.2) is 0 Å². The first-order valence-corrected chi connectivity index (χ1v) is 6.33. The summed E-state index contributed by atoms with van der Waals surface area (Å²) in [5.74, 6) is 0. The van der Waals surface area contributed by atoms with Gasteiger partial charge in [0.15, 0.2) is 0 Å². The molecular weight excluding hydrogens is 294 g/mol. The zero-order valence-corrected chi connectivity index (χ0v) is 11.6. The zero-order valence-electron chi connectivity index (χ0n) is 9.97. The van der Waals surface area contributed by atoms with Gasteiger partial charge >= 0.3 is 0 Å². The molecule has 94 valence electrons. The van der Waals surface area contributed by atoms with Gasteiger partial charge in [0, 0.05) is 21.9 Å². The van der Waals surface area contributed by atoms with Gasteiger partial charge in [-0.2, -0.15) is 5.10 Å². The van der Waals surface area contributed by atoms with E-state index in [9.17, 15) is 0 Å². The van der Waals surface area contributed by atoms with E-state index in [2.05, 4.69) is 33.2 Å². The number of aromatic nitrogens is 2. The SMILES string of the molecule is Cc1c(/C(Br)=C\NO)cnn1Cc1ccccc1. The molecule has 0 saturated carbocycles. The van der Waals surface area contributed by atoms with Gasteiger partial charge in [-0.3, -0.25) is 15.4 Å². The monoisotopic (exact) mass is 307 g/mol. The number of hydrogen-bond donors (Lipinski definition) is 2. The van der Waals surface area contributed by atoms with Crippen LogP contribution >= 0.6 is 15.9 Å². The van der Waals surface area contributed by atoms with E-state index < -0.39 is 0 Å². The number of nitrogens with zero attached hydrogens (tertiary/aromatic N) is 2. The Morgan fingerprint density at radius 1 is 1.44 bits per heavy atom. The molecule has 2 aromatic rings. The van der Waals surface area contributed by atoms with Crippen molar-refractivity contribution in [3.63, 3.8) is 0 Å². The minimum absolute atomic E-state index is 0.736. The van der Waals surface area contributed by atoms with Gasteiger partial charge in [-0.1, -0.05) is 30.3 Å². The van der Waals surface area contributed by atoms with Crippen LogP contribution in [0.25, 0.3) is 4.48 Å². The van der Waals surface area contributed by atoms with Crippen LogP contribution in [0.5, 0.6) is 0 Å². The van der Waals surface area contributed by atoms with Crippen LogP contribution in [-0.4, -0.2) is 15.0 Å². The van der Waals surface area contributed by atoms with Crippen LogP contribution in [0.15, 0.2) is 42.7 Å². The minimum atomic E-state index is 0.736. The lowest BCUT2D eigenvalue weighted by atomic mass is 10.2. The first-order valence-electron chi connectivity index (χ1n) is 5.54. The second kappa shape index (κ2) is 5.84. The lowest BCUT2D eigenvalue weighted by Gasteiger charge is -2.05. The molecule has 0 fully saturated rings. The Labute approximate surface area is 114 Å². The fourth-order valence-corrected chi connectivity index (χ4v) is 2.22. The Kier molecular flexibility index (Phi) is 4.17. The van der Waals surface area contributed by atoms with Crippen molar-refractivity contribution in [3.05, 3.63) is 59.5 Å². The van der Waals surface area contributed by atoms with E-state index in [1.165, 1.54) is 11.8 Å². The fraction of sp³-hybridized carbons (Fsp3) is 0.154. The number of benzene rings is 1. The van der Waals surface area contributed by atoms with Crippen molar-refractivity contribution in [1.29, 1.82) is 0 Å². The van der Waals surface area contributed by atoms with Crippen LogP contribution in [0.1, 0.15) is 16.8 Å². The molecule has 0 aliphatic rings. The predicted molar refractivity (Wildman–Crippen MR) is 74.3 cm³/mol. The minimum Gasteiger partial charge on any atom is -0.292 e. The number of nitrogens with one attached hydrogen (secondary N) is 1. The average molecular weight is 308 g/mol. The van der Waals surface area contributed by atoms with E-state index in [1.54, 1.807) is 6.20 Å². The Morgan fingerprint density at radius 2 is 2.17 bits per heavy atom. The van der Waals surface area contributed by atoms with Crippen LogP contribution < -0.4 is 5.48 Å². The van der Waals surface area contributed by atoms with Gasteiger partial charge in [0.25, 0.3) is 0 Å². The molecule has 0 atom stereocenters. The third-order valence-corrected chi connectivity index (χ3v) is 3.38. The average Bonchev–Trinajstić information content (AvgIpc) is 2.73. The second-order valence-corrected chi connectivity index (χ2v) is 4.76. The summed E-state index contributed by atoms with van der Waals surface area (Å²) in [5.41, 5.74) is 5.20. The number of halogens is 1. The highest BCUT2D eigenvalue weighted by molar-refractivity contribution is 9.15. The third kappa shape index (κ3) is 2.80. The first kappa shape index (κ1) is 12.9. The fourth-order valence-electron chi connectivity index (χ4n) is 1.73. The Bertz CT molecular complexity index is 549. The molecule has 0 saturated heterocycles. The molecule has 0 spiro atoms. The lowest BCUT2D eigenvalue weighted by Crippen LogP contribution is -2.04. The van der Waals surface area contributed by atoms with Crippen molar-refractivity contribution in [1.82, 2.24) is 15.3 Å². The van der Waals surface area contributed by atoms with Crippen molar-refractivity contribution in [3.8, 4) is 0 Å². The molecule has 1 aromatic heterocycles. The second-order valence-electron chi connectivity index (χ2n) is 3.91. The predicted octanol–water partition coefficient (Wildman–Crippen LogP) is 2.91. The Balaban J connectivity index is 2.24. The van der Waals surface area contributed by atoms with Crippen LogP contribution in [-0.2, 0) is 6.54 Å². The molecule has 0 radical (unpaired) electrons. The van der Waals surface area contributed by atoms with Crippen molar-refractivity contribution in [2.45, 2.75) is 13.5 Å². The van der Waals surface area contributed by atoms with E-state index in [-0.39, 0.29) is 0 Å². The molecule has 5 heteroatoms. The Morgan fingerprint density at radius 3 is 2.83 bits per heavy atom. The quantitative estimate of drug-likeness (QED) is 0.854. The molecule has 0 aliphatic carbocycles. The zero-order chi connectivity index (χ0) is 13.0. The van der Waals surface area contributed by atoms with Gasteiger partial charge < -0.3 is 0 Å². The van der Waals surface area contributed by atoms with Crippen molar-refractivity contribution in [2.24, 2.45) is 0 Å². The molecular formula is C13H14BrN3O. The maximum absolute atomic E-state index is 8.65. The largest absolute Gasteiger partial charge is 0.292 e. The van der Waals surface area contributed by atoms with Gasteiger partial charge in [-0.15, -0.1) is 0 Å². The summed E-state index contributed by atoms with van der Waals surface area (Å²) < 4.78 is 2.69. The smallest absolute Gasteiger partial charge is 0.0662 e. The van der Waals surface area contributed by atoms with E-state index in [4.69, 9.17) is 5.21 Å². The van der Waals surface area contributed by atoms with Crippen molar-refractivity contribution >= 4 is 20.4 Å². The van der Waals surface area contributed by atoms with Crippen LogP contribution in [0.3, 0.4) is 0 Å². The van der Waals surface area contributed by atoms with E-state index in [0.717, 1.165) is 22.3 Å². The lowest BCUT2D eigenvalue weighted by molar-refractivity contribution is 0.215. The summed E-state index contributed by atoms with van der Waals surface area (Å²) in [7, 11) is 0. The highest BCUT2D eigenvalue weighted by Gasteiger charge is 2.09. The highest BCUT2D eigenvalue weighted by atomic mass is 79.9. The van der Waals surface area contributed by atoms with Gasteiger partial charge in [0.05, 0.1) is 12.7 Å². The maximum atomic E-state index is 8.65. The molecule has 1 aromatic carbocycles. The summed E-state index contributed by atoms with van der Waals surface area (Å²) >= 11 is 3.38. The summed E-state index contributed by atoms with van der Waals surface area (Å²) in [5, 5.41) is 13.0. The first-order chi connectivity index (χ1) is 8.72. The van der Waals surface area contributed by atoms with E-state index in [0.29, 0.717) is 0 Å². The summed E-state index contributed by atoms with van der Waals surface area (Å²) in [6.45, 7) is 2.73. The molecule has 0 amide bonds. The van der Waals surface area contributed by atoms with E-state index >= 15 is 0 Å². The Hall–Kier alpha value is -1.59. The molecule has 1 heterocycles. The third-order valence-electron chi connectivity index (χ3n) is 2.73.